The summed E-state index contributed by atoms with van der Waals surface area (Å²) >= 11 is 0. The van der Waals surface area contributed by atoms with Crippen LogP contribution in [0.4, 0.5) is 0 Å². The first-order valence-corrected chi connectivity index (χ1v) is 14.7. The molecule has 2 aromatic rings. The van der Waals surface area contributed by atoms with Crippen LogP contribution in [0.3, 0.4) is 0 Å². The fraction of sp³-hybridized carbons (Fsp3) is 0.613. The zero-order chi connectivity index (χ0) is 25.5. The molecular weight excluding hydrogens is 458 g/mol. The molecule has 3 aliphatic rings. The second kappa shape index (κ2) is 12.8. The summed E-state index contributed by atoms with van der Waals surface area (Å²) in [5, 5.41) is 9.92. The van der Waals surface area contributed by atoms with Crippen molar-refractivity contribution in [3.05, 3.63) is 48.0 Å². The highest BCUT2D eigenvalue weighted by Crippen LogP contribution is 2.22. The molecule has 0 unspecified atom stereocenters. The third kappa shape index (κ3) is 7.25. The molecule has 2 aromatic carbocycles. The van der Waals surface area contributed by atoms with Crippen LogP contribution < -0.4 is 10.6 Å². The van der Waals surface area contributed by atoms with E-state index in [9.17, 15) is 4.79 Å². The Kier molecular flexibility index (Phi) is 8.98. The fourth-order valence-electron chi connectivity index (χ4n) is 6.16. The largest absolute Gasteiger partial charge is 0.354 e. The van der Waals surface area contributed by atoms with Gasteiger partial charge in [0.2, 0.25) is 5.91 Å². The molecule has 2 saturated carbocycles. The van der Waals surface area contributed by atoms with Gasteiger partial charge in [-0.15, -0.1) is 0 Å². The Hall–Kier alpha value is -2.60. The number of nitrogens with zero attached hydrogens (tertiary/aromatic N) is 3. The summed E-state index contributed by atoms with van der Waals surface area (Å²) in [5.41, 5.74) is 1.19. The van der Waals surface area contributed by atoms with Crippen molar-refractivity contribution in [3.63, 3.8) is 0 Å². The van der Waals surface area contributed by atoms with Crippen molar-refractivity contribution in [3.8, 4) is 0 Å². The third-order valence-electron chi connectivity index (χ3n) is 8.51. The highest BCUT2D eigenvalue weighted by atomic mass is 16.2. The Labute approximate surface area is 222 Å². The van der Waals surface area contributed by atoms with Gasteiger partial charge in [0.05, 0.1) is 6.04 Å². The van der Waals surface area contributed by atoms with Crippen molar-refractivity contribution >= 4 is 22.6 Å². The number of guanidine groups is 1. The number of aliphatic imine (C=N–C) groups is 1. The maximum absolute atomic E-state index is 14.0. The second-order valence-corrected chi connectivity index (χ2v) is 11.5. The first-order chi connectivity index (χ1) is 18.1. The van der Waals surface area contributed by atoms with Crippen molar-refractivity contribution < 1.29 is 4.79 Å². The van der Waals surface area contributed by atoms with Crippen molar-refractivity contribution in [1.29, 1.82) is 0 Å². The summed E-state index contributed by atoms with van der Waals surface area (Å²) in [6.07, 6.45) is 13.0. The molecule has 1 heterocycles. The first-order valence-electron chi connectivity index (χ1n) is 14.7. The van der Waals surface area contributed by atoms with E-state index in [-0.39, 0.29) is 11.9 Å². The van der Waals surface area contributed by atoms with Crippen molar-refractivity contribution in [2.24, 2.45) is 4.99 Å². The Balaban J connectivity index is 1.39. The Bertz CT molecular complexity index is 1050. The lowest BCUT2D eigenvalue weighted by atomic mass is 9.95. The summed E-state index contributed by atoms with van der Waals surface area (Å²) in [5.74, 6) is 1.05. The highest BCUT2D eigenvalue weighted by Gasteiger charge is 2.29. The maximum Gasteiger partial charge on any atom is 0.245 e. The lowest BCUT2D eigenvalue weighted by molar-refractivity contribution is -0.134. The minimum atomic E-state index is -0.331. The number of likely N-dealkylation sites (N-methyl/N-ethyl adjacent to an activating group) is 1. The molecule has 1 atom stereocenters. The van der Waals surface area contributed by atoms with Gasteiger partial charge in [-0.05, 0) is 49.1 Å². The molecule has 6 heteroatoms. The zero-order valence-corrected chi connectivity index (χ0v) is 22.6. The number of carbonyl (C=O) groups is 1. The summed E-state index contributed by atoms with van der Waals surface area (Å²) in [6, 6.07) is 15.5. The molecule has 1 aliphatic heterocycles. The molecule has 2 aliphatic carbocycles. The number of hydrogen-bond acceptors (Lipinski definition) is 3. The van der Waals surface area contributed by atoms with E-state index in [2.05, 4.69) is 69.9 Å². The van der Waals surface area contributed by atoms with Crippen molar-refractivity contribution in [1.82, 2.24) is 20.4 Å². The smallest absolute Gasteiger partial charge is 0.245 e. The van der Waals surface area contributed by atoms with Gasteiger partial charge in [0.1, 0.15) is 6.04 Å². The number of piperazine rings is 1. The molecule has 2 N–H and O–H groups in total. The van der Waals surface area contributed by atoms with E-state index in [0.29, 0.717) is 18.5 Å². The van der Waals surface area contributed by atoms with Crippen LogP contribution >= 0.6 is 0 Å². The van der Waals surface area contributed by atoms with Crippen LogP contribution in [0.25, 0.3) is 10.8 Å². The number of hydrogen-bond donors (Lipinski definition) is 2. The Morgan fingerprint density at radius 1 is 0.892 bits per heavy atom. The molecule has 5 rings (SSSR count). The van der Waals surface area contributed by atoms with Crippen LogP contribution in [-0.4, -0.2) is 73.0 Å². The second-order valence-electron chi connectivity index (χ2n) is 11.5. The van der Waals surface area contributed by atoms with Crippen molar-refractivity contribution in [2.45, 2.75) is 88.8 Å². The van der Waals surface area contributed by atoms with Gasteiger partial charge in [-0.25, -0.2) is 4.99 Å². The minimum Gasteiger partial charge on any atom is -0.354 e. The standard InChI is InChI=1S/C31H45N5O/c1-35-18-20-36(21-19-35)30(37)29(23-24-16-17-25-10-8-9-11-26(25)22-24)34-31(32-27-12-4-2-5-13-27)33-28-14-6-3-7-15-28/h8-11,16-17,22,27-29H,2-7,12-15,18-21,23H2,1H3,(H2,32,33,34)/t29-/m0/s1. The van der Waals surface area contributed by atoms with Gasteiger partial charge < -0.3 is 20.4 Å². The van der Waals surface area contributed by atoms with Crippen LogP contribution in [0.5, 0.6) is 0 Å². The third-order valence-corrected chi connectivity index (χ3v) is 8.51. The summed E-state index contributed by atoms with van der Waals surface area (Å²) in [6.45, 7) is 3.43. The van der Waals surface area contributed by atoms with Gasteiger partial charge in [0.25, 0.3) is 0 Å². The highest BCUT2D eigenvalue weighted by molar-refractivity contribution is 5.90. The van der Waals surface area contributed by atoms with Crippen LogP contribution in [0.1, 0.15) is 69.8 Å². The van der Waals surface area contributed by atoms with E-state index >= 15 is 0 Å². The average molecular weight is 504 g/mol. The van der Waals surface area contributed by atoms with E-state index in [4.69, 9.17) is 4.99 Å². The van der Waals surface area contributed by atoms with Crippen LogP contribution in [-0.2, 0) is 11.2 Å². The monoisotopic (exact) mass is 503 g/mol. The van der Waals surface area contributed by atoms with Gasteiger partial charge in [-0.1, -0.05) is 81.0 Å². The number of nitrogens with one attached hydrogen (secondary N) is 2. The lowest BCUT2D eigenvalue weighted by Crippen LogP contribution is -2.57. The lowest BCUT2D eigenvalue weighted by Gasteiger charge is -2.36. The average Bonchev–Trinajstić information content (AvgIpc) is 2.94. The molecule has 37 heavy (non-hydrogen) atoms. The topological polar surface area (TPSA) is 60.0 Å². The van der Waals surface area contributed by atoms with E-state index < -0.39 is 0 Å². The Morgan fingerprint density at radius 2 is 1.57 bits per heavy atom. The molecule has 1 amide bonds. The number of amides is 1. The predicted octanol–water partition coefficient (Wildman–Crippen LogP) is 4.73. The van der Waals surface area contributed by atoms with E-state index in [1.54, 1.807) is 0 Å². The molecule has 0 aromatic heterocycles. The maximum atomic E-state index is 14.0. The number of benzene rings is 2. The van der Waals surface area contributed by atoms with E-state index in [0.717, 1.165) is 45.0 Å². The van der Waals surface area contributed by atoms with Crippen LogP contribution in [0.15, 0.2) is 47.5 Å². The molecule has 3 fully saturated rings. The summed E-state index contributed by atoms with van der Waals surface area (Å²) in [7, 11) is 2.13. The van der Waals surface area contributed by atoms with Gasteiger partial charge in [-0.3, -0.25) is 4.79 Å². The number of fused-ring (bicyclic) bond motifs is 1. The van der Waals surface area contributed by atoms with Gasteiger partial charge in [0, 0.05) is 38.6 Å². The van der Waals surface area contributed by atoms with E-state index in [1.807, 2.05) is 0 Å². The Morgan fingerprint density at radius 3 is 2.30 bits per heavy atom. The normalized spacial score (nSPS) is 21.6. The van der Waals surface area contributed by atoms with Crippen LogP contribution in [0.2, 0.25) is 0 Å². The summed E-state index contributed by atoms with van der Waals surface area (Å²) in [4.78, 5) is 23.5. The fourth-order valence-corrected chi connectivity index (χ4v) is 6.16. The quantitative estimate of drug-likeness (QED) is 0.442. The molecule has 1 saturated heterocycles. The molecular formula is C31H45N5O. The first kappa shape index (κ1) is 26.0. The van der Waals surface area contributed by atoms with E-state index in [1.165, 1.54) is 67.7 Å². The van der Waals surface area contributed by atoms with Gasteiger partial charge >= 0.3 is 0 Å². The molecule has 0 bridgehead atoms. The summed E-state index contributed by atoms with van der Waals surface area (Å²) < 4.78 is 0. The predicted molar refractivity (Wildman–Crippen MR) is 153 cm³/mol. The van der Waals surface area contributed by atoms with Gasteiger partial charge in [-0.2, -0.15) is 0 Å². The van der Waals surface area contributed by atoms with Crippen molar-refractivity contribution in [2.75, 3.05) is 33.2 Å². The minimum absolute atomic E-state index is 0.197. The zero-order valence-electron chi connectivity index (χ0n) is 22.6. The van der Waals surface area contributed by atoms with Gasteiger partial charge in [0.15, 0.2) is 5.96 Å². The number of rotatable bonds is 6. The molecule has 0 radical (unpaired) electrons. The molecule has 0 spiro atoms. The number of carbonyl (C=O) groups excluding carboxylic acids is 1. The molecule has 200 valence electrons. The molecule has 6 nitrogen and oxygen atoms in total. The SMILES string of the molecule is CN1CCN(C(=O)[C@H](Cc2ccc3ccccc3c2)NC(=NC2CCCCC2)NC2CCCCC2)CC1. The van der Waals surface area contributed by atoms with Crippen LogP contribution in [0, 0.1) is 0 Å².